The van der Waals surface area contributed by atoms with Crippen LogP contribution in [-0.2, 0) is 25.6 Å². The summed E-state index contributed by atoms with van der Waals surface area (Å²) in [4.78, 5) is 101. The Balaban J connectivity index is 0.726. The largest absolute Gasteiger partial charge is 0.507 e. The molecule has 0 unspecified atom stereocenters. The molecular formula is C62H78FN9O10S. The van der Waals surface area contributed by atoms with E-state index in [1.807, 2.05) is 49.4 Å². The topological polar surface area (TPSA) is 266 Å². The third kappa shape index (κ3) is 15.8. The number of fused-ring (bicyclic) bond motifs is 1. The minimum absolute atomic E-state index is 0.0447. The molecule has 7 N–H and O–H groups in total. The van der Waals surface area contributed by atoms with Crippen LogP contribution in [0.15, 0.2) is 76.8 Å². The number of thiazole rings is 1. The fraction of sp³-hybridized carbons (Fsp3) is 0.500. The number of nitrogens with zero attached hydrogens (tertiary/aromatic N) is 4. The van der Waals surface area contributed by atoms with Gasteiger partial charge in [-0.05, 0) is 97.4 Å². The number of rotatable bonds is 26. The van der Waals surface area contributed by atoms with E-state index < -0.39 is 58.9 Å². The molecule has 7 amide bonds. The Hall–Kier alpha value is -7.52. The van der Waals surface area contributed by atoms with Crippen molar-refractivity contribution in [1.29, 1.82) is 0 Å². The molecule has 0 radical (unpaired) electrons. The molecule has 2 fully saturated rings. The summed E-state index contributed by atoms with van der Waals surface area (Å²) in [5, 5.41) is 39.9. The number of halogens is 1. The van der Waals surface area contributed by atoms with Gasteiger partial charge in [-0.15, -0.1) is 11.3 Å². The van der Waals surface area contributed by atoms with Crippen LogP contribution in [0, 0.1) is 12.3 Å². The molecule has 3 heterocycles. The smallest absolute Gasteiger partial charge is 0.273 e. The molecule has 444 valence electrons. The van der Waals surface area contributed by atoms with Crippen LogP contribution >= 0.6 is 11.3 Å². The van der Waals surface area contributed by atoms with Crippen molar-refractivity contribution in [2.45, 2.75) is 160 Å². The third-order valence-corrected chi connectivity index (χ3v) is 16.8. The zero-order chi connectivity index (χ0) is 59.6. The molecule has 2 aromatic heterocycles. The van der Waals surface area contributed by atoms with Crippen molar-refractivity contribution in [1.82, 2.24) is 46.5 Å². The minimum Gasteiger partial charge on any atom is -0.507 e. The van der Waals surface area contributed by atoms with Gasteiger partial charge in [-0.25, -0.2) is 9.37 Å². The van der Waals surface area contributed by atoms with Crippen LogP contribution in [0.2, 0.25) is 0 Å². The first-order valence-electron chi connectivity index (χ1n) is 28.9. The van der Waals surface area contributed by atoms with Gasteiger partial charge in [-0.2, -0.15) is 0 Å². The Morgan fingerprint density at radius 2 is 1.51 bits per heavy atom. The Bertz CT molecular complexity index is 3150. The lowest BCUT2D eigenvalue weighted by molar-refractivity contribution is -0.145. The maximum Gasteiger partial charge on any atom is 0.273 e. The van der Waals surface area contributed by atoms with Crippen molar-refractivity contribution < 1.29 is 52.7 Å². The monoisotopic (exact) mass is 1160 g/mol. The van der Waals surface area contributed by atoms with Gasteiger partial charge in [0.25, 0.3) is 23.6 Å². The number of carbonyl (C=O) groups is 7. The number of aromatic nitrogens is 2. The van der Waals surface area contributed by atoms with Crippen LogP contribution < -0.4 is 26.6 Å². The summed E-state index contributed by atoms with van der Waals surface area (Å²) in [6.45, 7) is 8.03. The number of benzene rings is 3. The van der Waals surface area contributed by atoms with E-state index in [9.17, 15) is 48.2 Å². The van der Waals surface area contributed by atoms with E-state index in [-0.39, 0.29) is 78.8 Å². The quantitative estimate of drug-likeness (QED) is 0.0258. The number of aliphatic hydroxyl groups excluding tert-OH is 1. The molecule has 1 aliphatic heterocycles. The minimum atomic E-state index is -2.01. The Labute approximate surface area is 487 Å². The summed E-state index contributed by atoms with van der Waals surface area (Å²) in [7, 11) is 3.18. The van der Waals surface area contributed by atoms with Crippen molar-refractivity contribution in [2.75, 3.05) is 33.7 Å². The number of aryl methyl sites for hydroxylation is 2. The average molecular weight is 1160 g/mol. The molecule has 21 heteroatoms. The van der Waals surface area contributed by atoms with Crippen LogP contribution in [0.25, 0.3) is 21.8 Å². The summed E-state index contributed by atoms with van der Waals surface area (Å²) >= 11 is 1.51. The van der Waals surface area contributed by atoms with Crippen molar-refractivity contribution in [3.8, 4) is 27.5 Å². The third-order valence-electron chi connectivity index (χ3n) is 15.8. The molecule has 3 aliphatic rings. The number of alkyl halides is 1. The van der Waals surface area contributed by atoms with Gasteiger partial charge in [-0.3, -0.25) is 33.6 Å². The lowest BCUT2D eigenvalue weighted by atomic mass is 9.85. The van der Waals surface area contributed by atoms with Crippen molar-refractivity contribution in [3.05, 3.63) is 111 Å². The zero-order valence-corrected chi connectivity index (χ0v) is 49.1. The van der Waals surface area contributed by atoms with Gasteiger partial charge < -0.3 is 51.1 Å². The molecule has 3 aromatic carbocycles. The van der Waals surface area contributed by atoms with E-state index in [0.29, 0.717) is 36.2 Å². The molecular weight excluding hydrogens is 1080 g/mol. The van der Waals surface area contributed by atoms with Crippen LogP contribution in [0.3, 0.4) is 0 Å². The zero-order valence-electron chi connectivity index (χ0n) is 48.3. The predicted octanol–water partition coefficient (Wildman–Crippen LogP) is 8.20. The van der Waals surface area contributed by atoms with Crippen LogP contribution in [0.4, 0.5) is 4.39 Å². The number of amides is 7. The number of aromatic hydroxyl groups is 1. The fourth-order valence-corrected chi connectivity index (χ4v) is 11.5. The number of likely N-dealkylation sites (tertiary alicyclic amines) is 1. The summed E-state index contributed by atoms with van der Waals surface area (Å²) in [6, 6.07) is 15.8. The number of unbranched alkanes of at least 4 members (excludes halogenated alkanes) is 8. The summed E-state index contributed by atoms with van der Waals surface area (Å²) in [6.07, 6.45) is 9.27. The van der Waals surface area contributed by atoms with Gasteiger partial charge in [0.15, 0.2) is 17.1 Å². The molecule has 0 spiro atoms. The molecule has 5 aromatic rings. The first-order valence-corrected chi connectivity index (χ1v) is 29.8. The number of nitrogens with one attached hydrogen (secondary N) is 5. The van der Waals surface area contributed by atoms with E-state index in [1.54, 1.807) is 46.4 Å². The summed E-state index contributed by atoms with van der Waals surface area (Å²) in [5.41, 5.74) is 4.57. The van der Waals surface area contributed by atoms with Crippen molar-refractivity contribution in [2.24, 2.45) is 5.41 Å². The Kier molecular flexibility index (Phi) is 20.2. The number of hydrogen-bond acceptors (Lipinski definition) is 13. The van der Waals surface area contributed by atoms with E-state index in [0.717, 1.165) is 91.5 Å². The maximum absolute atomic E-state index is 14.8. The van der Waals surface area contributed by atoms with Gasteiger partial charge in [0, 0.05) is 57.3 Å². The summed E-state index contributed by atoms with van der Waals surface area (Å²) < 4.78 is 20.2. The van der Waals surface area contributed by atoms with E-state index in [4.69, 9.17) is 4.52 Å². The molecule has 19 nitrogen and oxygen atoms in total. The molecule has 5 atom stereocenters. The molecule has 0 bridgehead atoms. The van der Waals surface area contributed by atoms with Crippen LogP contribution in [0.5, 0.6) is 5.75 Å². The second-order valence-corrected chi connectivity index (χ2v) is 24.4. The highest BCUT2D eigenvalue weighted by molar-refractivity contribution is 7.13. The lowest BCUT2D eigenvalue weighted by Gasteiger charge is -2.36. The standard InChI is InChI=1S/C62H78FN9O10S/c1-37-53(83-36-66-37)40-19-17-39(18-20-40)47(68-57(78)49-32-43(73)35-72(49)59(80)54(61(2,3)4)69-60(81)62(63)26-27-62)34-52(75)64-28-14-12-10-8-7-9-11-13-15-29-65-55(76)42-21-16-38-23-25-46(45(38)30-42)67-56(77)48-33-51(82-70-48)41-22-24-44(50(74)31-41)58(79)71(5)6/h16-22,24,30-31,33,36,43,46-47,49,54,73-74H,7-15,23,25-29,32,34-35H2,1-6H3,(H,64,75)(H,65,76)(H,67,77)(H,68,78)(H,69,81)/t43-,46-,47+,49+,54-/m1/s1. The number of β-amino-alcohol motifs (C(OH)–C–C–N with tert-alkyl or cyclic N) is 1. The predicted molar refractivity (Wildman–Crippen MR) is 312 cm³/mol. The van der Waals surface area contributed by atoms with E-state index >= 15 is 0 Å². The number of phenolic OH excluding ortho intramolecular Hbond substituents is 1. The maximum atomic E-state index is 14.8. The Morgan fingerprint density at radius 3 is 2.13 bits per heavy atom. The highest BCUT2D eigenvalue weighted by Gasteiger charge is 2.53. The second-order valence-electron chi connectivity index (χ2n) is 23.6. The molecule has 1 saturated carbocycles. The first-order chi connectivity index (χ1) is 39.6. The normalized spacial score (nSPS) is 17.7. The van der Waals surface area contributed by atoms with Crippen molar-refractivity contribution >= 4 is 52.7 Å². The second kappa shape index (κ2) is 27.3. The van der Waals surface area contributed by atoms with E-state index in [2.05, 4.69) is 36.7 Å². The van der Waals surface area contributed by atoms with Crippen LogP contribution in [-0.4, -0.2) is 129 Å². The van der Waals surface area contributed by atoms with Gasteiger partial charge >= 0.3 is 0 Å². The number of aliphatic hydroxyl groups is 1. The first kappa shape index (κ1) is 61.5. The SMILES string of the molecule is Cc1ncsc1-c1ccc([C@H](CC(=O)NCCCCCCCCCCCNC(=O)c2ccc3c(c2)[C@H](NC(=O)c2cc(-c4ccc(C(=O)N(C)C)c(O)c4)on2)CC3)NC(=O)[C@@H]2C[C@@H](O)CN2C(=O)[C@@H](NC(=O)C2(F)CC2)C(C)(C)C)cc1. The number of carbonyl (C=O) groups excluding carboxylic acids is 7. The molecule has 2 aliphatic carbocycles. The molecule has 83 heavy (non-hydrogen) atoms. The average Bonchev–Trinajstić information content (AvgIpc) is 3.73. The summed E-state index contributed by atoms with van der Waals surface area (Å²) in [5.74, 6) is -3.18. The number of phenols is 1. The lowest BCUT2D eigenvalue weighted by Crippen LogP contribution is -2.59. The van der Waals surface area contributed by atoms with Gasteiger partial charge in [-0.1, -0.05) is 107 Å². The highest BCUT2D eigenvalue weighted by atomic mass is 32.1. The van der Waals surface area contributed by atoms with Gasteiger partial charge in [0.1, 0.15) is 17.8 Å². The molecule has 8 rings (SSSR count). The van der Waals surface area contributed by atoms with Gasteiger partial charge in [0.2, 0.25) is 17.7 Å². The Morgan fingerprint density at radius 1 is 0.843 bits per heavy atom. The fourth-order valence-electron chi connectivity index (χ4n) is 10.7. The highest BCUT2D eigenvalue weighted by Crippen LogP contribution is 2.41. The van der Waals surface area contributed by atoms with Crippen molar-refractivity contribution in [3.63, 3.8) is 0 Å². The molecule has 1 saturated heterocycles. The van der Waals surface area contributed by atoms with E-state index in [1.165, 1.54) is 39.3 Å². The van der Waals surface area contributed by atoms with Gasteiger partial charge in [0.05, 0.1) is 46.3 Å². The number of hydrogen-bond donors (Lipinski definition) is 7. The van der Waals surface area contributed by atoms with Crippen LogP contribution in [0.1, 0.15) is 176 Å².